The van der Waals surface area contributed by atoms with Gasteiger partial charge in [0.1, 0.15) is 0 Å². The van der Waals surface area contributed by atoms with Gasteiger partial charge < -0.3 is 5.32 Å². The Morgan fingerprint density at radius 2 is 1.71 bits per heavy atom. The van der Waals surface area contributed by atoms with E-state index in [2.05, 4.69) is 27.4 Å². The first kappa shape index (κ1) is 10.5. The van der Waals surface area contributed by atoms with E-state index in [1.54, 1.807) is 12.4 Å². The third-order valence-electron chi connectivity index (χ3n) is 3.45. The molecule has 0 atom stereocenters. The van der Waals surface area contributed by atoms with Crippen LogP contribution in [0.4, 0.5) is 5.69 Å². The zero-order valence-electron chi connectivity index (χ0n) is 9.89. The fourth-order valence-corrected chi connectivity index (χ4v) is 2.54. The smallest absolute Gasteiger partial charge is 0.0907 e. The fraction of sp³-hybridized carbons (Fsp3) is 0.429. The third kappa shape index (κ3) is 2.38. The molecule has 1 aromatic heterocycles. The average molecular weight is 227 g/mol. The lowest BCUT2D eigenvalue weighted by Crippen LogP contribution is -2.22. The Kier molecular flexibility index (Phi) is 2.90. The maximum absolute atomic E-state index is 4.33. The molecule has 0 radical (unpaired) electrons. The second kappa shape index (κ2) is 4.70. The van der Waals surface area contributed by atoms with Crippen molar-refractivity contribution >= 4 is 16.7 Å². The molecule has 0 spiro atoms. The summed E-state index contributed by atoms with van der Waals surface area (Å²) < 4.78 is 0. The predicted molar refractivity (Wildman–Crippen MR) is 70.0 cm³/mol. The molecule has 17 heavy (non-hydrogen) atoms. The van der Waals surface area contributed by atoms with Gasteiger partial charge >= 0.3 is 0 Å². The molecule has 0 bridgehead atoms. The summed E-state index contributed by atoms with van der Waals surface area (Å²) in [5.74, 6) is 0. The SMILES string of the molecule is c1cnc2cc(NC3CCCCC3)ccc2n1. The van der Waals surface area contributed by atoms with Crippen LogP contribution in [0.15, 0.2) is 30.6 Å². The van der Waals surface area contributed by atoms with Gasteiger partial charge in [-0.25, -0.2) is 0 Å². The summed E-state index contributed by atoms with van der Waals surface area (Å²) in [4.78, 5) is 8.61. The Morgan fingerprint density at radius 1 is 0.941 bits per heavy atom. The number of hydrogen-bond donors (Lipinski definition) is 1. The van der Waals surface area contributed by atoms with E-state index in [-0.39, 0.29) is 0 Å². The van der Waals surface area contributed by atoms with Gasteiger partial charge in [-0.1, -0.05) is 19.3 Å². The molecule has 3 heteroatoms. The van der Waals surface area contributed by atoms with Gasteiger partial charge in [0.15, 0.2) is 0 Å². The molecule has 1 aliphatic carbocycles. The van der Waals surface area contributed by atoms with Crippen molar-refractivity contribution in [2.45, 2.75) is 38.1 Å². The summed E-state index contributed by atoms with van der Waals surface area (Å²) in [6.45, 7) is 0. The molecule has 0 saturated heterocycles. The molecule has 3 nitrogen and oxygen atoms in total. The van der Waals surface area contributed by atoms with Crippen LogP contribution >= 0.6 is 0 Å². The number of hydrogen-bond acceptors (Lipinski definition) is 3. The first-order valence-corrected chi connectivity index (χ1v) is 6.39. The fourth-order valence-electron chi connectivity index (χ4n) is 2.54. The quantitative estimate of drug-likeness (QED) is 0.854. The normalized spacial score (nSPS) is 17.2. The second-order valence-corrected chi connectivity index (χ2v) is 4.74. The molecule has 3 rings (SSSR count). The lowest BCUT2D eigenvalue weighted by molar-refractivity contribution is 0.463. The van der Waals surface area contributed by atoms with Crippen LogP contribution in [0.2, 0.25) is 0 Å². The van der Waals surface area contributed by atoms with E-state index < -0.39 is 0 Å². The molecule has 0 unspecified atom stereocenters. The molecule has 1 heterocycles. The average Bonchev–Trinajstić information content (AvgIpc) is 2.40. The number of fused-ring (bicyclic) bond motifs is 1. The van der Waals surface area contributed by atoms with Gasteiger partial charge in [-0.3, -0.25) is 9.97 Å². The standard InChI is InChI=1S/C14H17N3/c1-2-4-11(5-3-1)17-12-6-7-13-14(10-12)16-9-8-15-13/h6-11,17H,1-5H2. The zero-order chi connectivity index (χ0) is 11.5. The molecule has 2 aromatic rings. The number of benzene rings is 1. The van der Waals surface area contributed by atoms with Crippen molar-refractivity contribution in [3.8, 4) is 0 Å². The monoisotopic (exact) mass is 227 g/mol. The van der Waals surface area contributed by atoms with Crippen molar-refractivity contribution in [3.05, 3.63) is 30.6 Å². The maximum atomic E-state index is 4.33. The van der Waals surface area contributed by atoms with Crippen molar-refractivity contribution in [3.63, 3.8) is 0 Å². The largest absolute Gasteiger partial charge is 0.382 e. The highest BCUT2D eigenvalue weighted by molar-refractivity contribution is 5.78. The van der Waals surface area contributed by atoms with E-state index in [0.29, 0.717) is 6.04 Å². The van der Waals surface area contributed by atoms with Crippen LogP contribution in [0.1, 0.15) is 32.1 Å². The number of anilines is 1. The van der Waals surface area contributed by atoms with Gasteiger partial charge in [0, 0.05) is 24.1 Å². The summed E-state index contributed by atoms with van der Waals surface area (Å²) in [7, 11) is 0. The Hall–Kier alpha value is -1.64. The summed E-state index contributed by atoms with van der Waals surface area (Å²) in [5, 5.41) is 3.61. The lowest BCUT2D eigenvalue weighted by Gasteiger charge is -2.23. The van der Waals surface area contributed by atoms with E-state index in [1.807, 2.05) is 6.07 Å². The first-order chi connectivity index (χ1) is 8.42. The summed E-state index contributed by atoms with van der Waals surface area (Å²) in [6, 6.07) is 6.87. The number of nitrogens with zero attached hydrogens (tertiary/aromatic N) is 2. The number of nitrogens with one attached hydrogen (secondary N) is 1. The Morgan fingerprint density at radius 3 is 2.53 bits per heavy atom. The van der Waals surface area contributed by atoms with E-state index in [1.165, 1.54) is 37.8 Å². The van der Waals surface area contributed by atoms with Crippen molar-refractivity contribution in [1.29, 1.82) is 0 Å². The van der Waals surface area contributed by atoms with Crippen molar-refractivity contribution in [2.75, 3.05) is 5.32 Å². The van der Waals surface area contributed by atoms with E-state index in [4.69, 9.17) is 0 Å². The van der Waals surface area contributed by atoms with Gasteiger partial charge in [0.05, 0.1) is 11.0 Å². The van der Waals surface area contributed by atoms with Gasteiger partial charge in [-0.05, 0) is 31.0 Å². The van der Waals surface area contributed by atoms with Gasteiger partial charge in [-0.2, -0.15) is 0 Å². The van der Waals surface area contributed by atoms with Crippen molar-refractivity contribution < 1.29 is 0 Å². The number of aromatic nitrogens is 2. The molecule has 0 amide bonds. The summed E-state index contributed by atoms with van der Waals surface area (Å²) in [6.07, 6.45) is 10.2. The Labute approximate surface area is 101 Å². The molecule has 1 fully saturated rings. The molecule has 1 saturated carbocycles. The minimum atomic E-state index is 0.637. The summed E-state index contributed by atoms with van der Waals surface area (Å²) in [5.41, 5.74) is 3.10. The molecule has 1 aromatic carbocycles. The Bertz CT molecular complexity index is 504. The van der Waals surface area contributed by atoms with E-state index in [0.717, 1.165) is 11.0 Å². The van der Waals surface area contributed by atoms with Crippen LogP contribution in [0.5, 0.6) is 0 Å². The van der Waals surface area contributed by atoms with Crippen molar-refractivity contribution in [1.82, 2.24) is 9.97 Å². The van der Waals surface area contributed by atoms with Gasteiger partial charge in [0.2, 0.25) is 0 Å². The predicted octanol–water partition coefficient (Wildman–Crippen LogP) is 3.37. The molecule has 1 N–H and O–H groups in total. The number of rotatable bonds is 2. The van der Waals surface area contributed by atoms with E-state index >= 15 is 0 Å². The van der Waals surface area contributed by atoms with Crippen LogP contribution < -0.4 is 5.32 Å². The van der Waals surface area contributed by atoms with Crippen molar-refractivity contribution in [2.24, 2.45) is 0 Å². The maximum Gasteiger partial charge on any atom is 0.0907 e. The minimum Gasteiger partial charge on any atom is -0.382 e. The molecule has 88 valence electrons. The Balaban J connectivity index is 1.80. The highest BCUT2D eigenvalue weighted by atomic mass is 14.9. The third-order valence-corrected chi connectivity index (χ3v) is 3.45. The molecular formula is C14H17N3. The van der Waals surface area contributed by atoms with E-state index in [9.17, 15) is 0 Å². The molecule has 0 aliphatic heterocycles. The summed E-state index contributed by atoms with van der Waals surface area (Å²) >= 11 is 0. The lowest BCUT2D eigenvalue weighted by atomic mass is 9.95. The highest BCUT2D eigenvalue weighted by Crippen LogP contribution is 2.23. The first-order valence-electron chi connectivity index (χ1n) is 6.39. The topological polar surface area (TPSA) is 37.8 Å². The minimum absolute atomic E-state index is 0.637. The molecule has 1 aliphatic rings. The second-order valence-electron chi connectivity index (χ2n) is 4.74. The zero-order valence-corrected chi connectivity index (χ0v) is 9.89. The van der Waals surface area contributed by atoms with Crippen LogP contribution in [0.3, 0.4) is 0 Å². The highest BCUT2D eigenvalue weighted by Gasteiger charge is 2.12. The van der Waals surface area contributed by atoms with Crippen LogP contribution in [0.25, 0.3) is 11.0 Å². The van der Waals surface area contributed by atoms with Crippen LogP contribution in [-0.2, 0) is 0 Å². The molecular weight excluding hydrogens is 210 g/mol. The van der Waals surface area contributed by atoms with Crippen LogP contribution in [0, 0.1) is 0 Å². The van der Waals surface area contributed by atoms with Crippen LogP contribution in [-0.4, -0.2) is 16.0 Å². The van der Waals surface area contributed by atoms with Gasteiger partial charge in [-0.15, -0.1) is 0 Å². The van der Waals surface area contributed by atoms with Gasteiger partial charge in [0.25, 0.3) is 0 Å².